The number of methoxy groups -OCH3 is 1. The minimum atomic E-state index is -0.725. The van der Waals surface area contributed by atoms with Crippen LogP contribution >= 0.6 is 0 Å². The Morgan fingerprint density at radius 2 is 1.56 bits per heavy atom. The molecule has 170 valence electrons. The second kappa shape index (κ2) is 10.8. The molecule has 0 bridgehead atoms. The fourth-order valence-electron chi connectivity index (χ4n) is 3.64. The minimum Gasteiger partial charge on any atom is -0.507 e. The summed E-state index contributed by atoms with van der Waals surface area (Å²) in [6.07, 6.45) is 0.890. The van der Waals surface area contributed by atoms with Crippen molar-refractivity contribution in [2.45, 2.75) is 26.3 Å². The van der Waals surface area contributed by atoms with Crippen molar-refractivity contribution in [3.8, 4) is 11.5 Å². The van der Waals surface area contributed by atoms with Crippen molar-refractivity contribution in [2.24, 2.45) is 0 Å². The van der Waals surface area contributed by atoms with Gasteiger partial charge in [-0.25, -0.2) is 0 Å². The van der Waals surface area contributed by atoms with Gasteiger partial charge in [-0.2, -0.15) is 0 Å². The maximum atomic E-state index is 13.0. The van der Waals surface area contributed by atoms with Gasteiger partial charge in [0.2, 0.25) is 0 Å². The standard InChI is InChI=1S/C25H29NO6/c1-4-15-32-20-10-6-17(7-11-20)22-21(24(28)25(29)26(22)14-16-30-3)23(27)18-8-12-19(13-9-18)31-5-2/h6-13,22,27H,4-5,14-16H2,1-3H3/b23-21-. The molecule has 3 rings (SSSR count). The van der Waals surface area contributed by atoms with E-state index in [0.29, 0.717) is 35.8 Å². The van der Waals surface area contributed by atoms with E-state index in [9.17, 15) is 14.7 Å². The van der Waals surface area contributed by atoms with Crippen LogP contribution in [-0.4, -0.2) is 55.2 Å². The summed E-state index contributed by atoms with van der Waals surface area (Å²) in [5.74, 6) is -0.239. The van der Waals surface area contributed by atoms with E-state index in [0.717, 1.165) is 6.42 Å². The Balaban J connectivity index is 2.03. The second-order valence-electron chi connectivity index (χ2n) is 7.36. The van der Waals surface area contributed by atoms with Gasteiger partial charge in [0.15, 0.2) is 0 Å². The Labute approximate surface area is 188 Å². The number of amides is 1. The van der Waals surface area contributed by atoms with E-state index >= 15 is 0 Å². The number of carbonyl (C=O) groups excluding carboxylic acids is 2. The first-order valence-electron chi connectivity index (χ1n) is 10.7. The summed E-state index contributed by atoms with van der Waals surface area (Å²) in [4.78, 5) is 27.2. The average molecular weight is 440 g/mol. The molecule has 7 heteroatoms. The average Bonchev–Trinajstić information content (AvgIpc) is 3.06. The van der Waals surface area contributed by atoms with E-state index in [4.69, 9.17) is 14.2 Å². The van der Waals surface area contributed by atoms with Crippen LogP contribution in [0.5, 0.6) is 11.5 Å². The van der Waals surface area contributed by atoms with Gasteiger partial charge in [0.1, 0.15) is 17.3 Å². The number of carbonyl (C=O) groups is 2. The predicted octanol–water partition coefficient (Wildman–Crippen LogP) is 3.94. The van der Waals surface area contributed by atoms with E-state index < -0.39 is 17.7 Å². The van der Waals surface area contributed by atoms with Gasteiger partial charge in [0, 0.05) is 19.2 Å². The molecule has 1 unspecified atom stereocenters. The highest BCUT2D eigenvalue weighted by molar-refractivity contribution is 6.46. The summed E-state index contributed by atoms with van der Waals surface area (Å²) >= 11 is 0. The molecule has 0 spiro atoms. The maximum absolute atomic E-state index is 13.0. The first-order valence-corrected chi connectivity index (χ1v) is 10.7. The van der Waals surface area contributed by atoms with Crippen molar-refractivity contribution in [2.75, 3.05) is 33.5 Å². The summed E-state index contributed by atoms with van der Waals surface area (Å²) in [7, 11) is 1.53. The number of likely N-dealkylation sites (tertiary alicyclic amines) is 1. The van der Waals surface area contributed by atoms with Crippen molar-refractivity contribution < 1.29 is 28.9 Å². The number of ether oxygens (including phenoxy) is 3. The third kappa shape index (κ3) is 4.94. The van der Waals surface area contributed by atoms with Crippen LogP contribution in [0.25, 0.3) is 5.76 Å². The zero-order valence-electron chi connectivity index (χ0n) is 18.7. The van der Waals surface area contributed by atoms with Gasteiger partial charge in [-0.15, -0.1) is 0 Å². The van der Waals surface area contributed by atoms with Crippen LogP contribution in [0.3, 0.4) is 0 Å². The van der Waals surface area contributed by atoms with Gasteiger partial charge in [0.05, 0.1) is 31.4 Å². The summed E-state index contributed by atoms with van der Waals surface area (Å²) in [6, 6.07) is 13.3. The van der Waals surface area contributed by atoms with Crippen LogP contribution in [0.4, 0.5) is 0 Å². The number of nitrogens with zero attached hydrogens (tertiary/aromatic N) is 1. The lowest BCUT2D eigenvalue weighted by molar-refractivity contribution is -0.140. The highest BCUT2D eigenvalue weighted by atomic mass is 16.5. The Kier molecular flexibility index (Phi) is 7.89. The zero-order valence-corrected chi connectivity index (χ0v) is 18.7. The molecule has 1 amide bonds. The Morgan fingerprint density at radius 3 is 2.16 bits per heavy atom. The maximum Gasteiger partial charge on any atom is 0.295 e. The number of aliphatic hydroxyl groups excluding tert-OH is 1. The largest absolute Gasteiger partial charge is 0.507 e. The first-order chi connectivity index (χ1) is 15.5. The molecule has 2 aromatic carbocycles. The molecule has 0 aliphatic carbocycles. The van der Waals surface area contributed by atoms with Gasteiger partial charge in [-0.05, 0) is 55.3 Å². The van der Waals surface area contributed by atoms with Crippen LogP contribution in [0.15, 0.2) is 54.1 Å². The number of Topliss-reactive ketones (excluding diaryl/α,β-unsaturated/α-hetero) is 1. The molecule has 1 heterocycles. The molecule has 1 aliphatic rings. The summed E-state index contributed by atoms with van der Waals surface area (Å²) in [5.41, 5.74) is 1.19. The van der Waals surface area contributed by atoms with Crippen molar-refractivity contribution >= 4 is 17.4 Å². The lowest BCUT2D eigenvalue weighted by Gasteiger charge is -2.25. The molecule has 0 radical (unpaired) electrons. The molecule has 0 aromatic heterocycles. The van der Waals surface area contributed by atoms with Crippen LogP contribution in [0, 0.1) is 0 Å². The molecular formula is C25H29NO6. The fourth-order valence-corrected chi connectivity index (χ4v) is 3.64. The molecule has 0 saturated carbocycles. The third-order valence-corrected chi connectivity index (χ3v) is 5.18. The zero-order chi connectivity index (χ0) is 23.1. The SMILES string of the molecule is CCCOc1ccc(C2/C(=C(/O)c3ccc(OCC)cc3)C(=O)C(=O)N2CCOC)cc1. The van der Waals surface area contributed by atoms with Crippen LogP contribution in [0.1, 0.15) is 37.4 Å². The Bertz CT molecular complexity index is 965. The van der Waals surface area contributed by atoms with Gasteiger partial charge >= 0.3 is 0 Å². The number of benzene rings is 2. The topological polar surface area (TPSA) is 85.3 Å². The summed E-state index contributed by atoms with van der Waals surface area (Å²) < 4.78 is 16.2. The predicted molar refractivity (Wildman–Crippen MR) is 121 cm³/mol. The molecule has 1 N–H and O–H groups in total. The molecule has 32 heavy (non-hydrogen) atoms. The molecule has 1 atom stereocenters. The third-order valence-electron chi connectivity index (χ3n) is 5.18. The number of hydrogen-bond acceptors (Lipinski definition) is 6. The Hall–Kier alpha value is -3.32. The van der Waals surface area contributed by atoms with Crippen molar-refractivity contribution in [3.05, 3.63) is 65.2 Å². The van der Waals surface area contributed by atoms with E-state index in [1.807, 2.05) is 26.0 Å². The van der Waals surface area contributed by atoms with Crippen molar-refractivity contribution in [1.29, 1.82) is 0 Å². The number of rotatable bonds is 10. The molecular weight excluding hydrogens is 410 g/mol. The minimum absolute atomic E-state index is 0.0532. The summed E-state index contributed by atoms with van der Waals surface area (Å²) in [6.45, 7) is 5.52. The van der Waals surface area contributed by atoms with Gasteiger partial charge in [-0.3, -0.25) is 9.59 Å². The molecule has 2 aromatic rings. The van der Waals surface area contributed by atoms with E-state index in [1.54, 1.807) is 36.4 Å². The quantitative estimate of drug-likeness (QED) is 0.343. The van der Waals surface area contributed by atoms with Crippen LogP contribution in [0.2, 0.25) is 0 Å². The number of aliphatic hydroxyl groups is 1. The highest BCUT2D eigenvalue weighted by Gasteiger charge is 2.45. The lowest BCUT2D eigenvalue weighted by atomic mass is 9.95. The monoisotopic (exact) mass is 439 g/mol. The van der Waals surface area contributed by atoms with Gasteiger partial charge in [0.25, 0.3) is 11.7 Å². The lowest BCUT2D eigenvalue weighted by Crippen LogP contribution is -2.32. The number of hydrogen-bond donors (Lipinski definition) is 1. The van der Waals surface area contributed by atoms with E-state index in [1.165, 1.54) is 12.0 Å². The molecule has 1 fully saturated rings. The summed E-state index contributed by atoms with van der Waals surface area (Å²) in [5, 5.41) is 11.1. The highest BCUT2D eigenvalue weighted by Crippen LogP contribution is 2.39. The fraction of sp³-hybridized carbons (Fsp3) is 0.360. The van der Waals surface area contributed by atoms with Crippen LogP contribution < -0.4 is 9.47 Å². The van der Waals surface area contributed by atoms with Gasteiger partial charge in [-0.1, -0.05) is 19.1 Å². The van der Waals surface area contributed by atoms with E-state index in [-0.39, 0.29) is 24.5 Å². The smallest absolute Gasteiger partial charge is 0.295 e. The van der Waals surface area contributed by atoms with Crippen LogP contribution in [-0.2, 0) is 14.3 Å². The molecule has 7 nitrogen and oxygen atoms in total. The van der Waals surface area contributed by atoms with Gasteiger partial charge < -0.3 is 24.2 Å². The normalized spacial score (nSPS) is 17.6. The second-order valence-corrected chi connectivity index (χ2v) is 7.36. The Morgan fingerprint density at radius 1 is 0.938 bits per heavy atom. The van der Waals surface area contributed by atoms with Crippen molar-refractivity contribution in [3.63, 3.8) is 0 Å². The van der Waals surface area contributed by atoms with Crippen molar-refractivity contribution in [1.82, 2.24) is 4.90 Å². The number of ketones is 1. The first kappa shape index (κ1) is 23.3. The van der Waals surface area contributed by atoms with E-state index in [2.05, 4.69) is 0 Å². The molecule has 1 saturated heterocycles. The molecule has 1 aliphatic heterocycles.